The van der Waals surface area contributed by atoms with Crippen LogP contribution in [0, 0.1) is 0 Å². The summed E-state index contributed by atoms with van der Waals surface area (Å²) in [5, 5.41) is 0. The van der Waals surface area contributed by atoms with Crippen LogP contribution in [0.2, 0.25) is 0 Å². The summed E-state index contributed by atoms with van der Waals surface area (Å²) in [6.45, 7) is 3.73. The van der Waals surface area contributed by atoms with E-state index in [0.29, 0.717) is 0 Å². The minimum Gasteiger partial charge on any atom is -0.243 e. The quantitative estimate of drug-likeness (QED) is 0.177. The van der Waals surface area contributed by atoms with Gasteiger partial charge < -0.3 is 0 Å². The lowest BCUT2D eigenvalue weighted by Crippen LogP contribution is -2.44. The van der Waals surface area contributed by atoms with E-state index in [1.807, 2.05) is 0 Å². The first-order chi connectivity index (χ1) is 16.8. The predicted molar refractivity (Wildman–Crippen MR) is 156 cm³/mol. The third-order valence-corrected chi connectivity index (χ3v) is 7.27. The summed E-state index contributed by atoms with van der Waals surface area (Å²) >= 11 is 0. The number of rotatable bonds is 4. The Hall–Kier alpha value is -3.06. The number of hydrogen-bond acceptors (Lipinski definition) is 0. The van der Waals surface area contributed by atoms with E-state index in [-0.39, 0.29) is 34.0 Å². The number of nitrogens with zero attached hydrogens (tertiary/aromatic N) is 3. The zero-order chi connectivity index (χ0) is 22.5. The standard InChI is InChI=1S/C30H26N4.2BrH/c1-2-9-28-27(8-1)31-21-32(28)17-25-6-5-7-26(16-25)18-33-22-34(30-11-4-3-10-29(30)33)19-23-12-13-24(20-34)15-14-23;;/h1-16,21-22H,17-20H2;2*1H/q+2;;/p+1. The van der Waals surface area contributed by atoms with E-state index in [4.69, 9.17) is 0 Å². The molecular weight excluding hydrogens is 576 g/mol. The van der Waals surface area contributed by atoms with Crippen molar-refractivity contribution in [2.45, 2.75) is 26.2 Å². The minimum absolute atomic E-state index is 0. The third kappa shape index (κ3) is 4.23. The van der Waals surface area contributed by atoms with Gasteiger partial charge in [0.1, 0.15) is 19.6 Å². The van der Waals surface area contributed by atoms with E-state index in [1.165, 1.54) is 44.7 Å². The Morgan fingerprint density at radius 1 is 0.694 bits per heavy atom. The maximum Gasteiger partial charge on any atom is 0.338 e. The third-order valence-electron chi connectivity index (χ3n) is 7.27. The Morgan fingerprint density at radius 2 is 1.36 bits per heavy atom. The van der Waals surface area contributed by atoms with Gasteiger partial charge in [0.05, 0.1) is 0 Å². The lowest BCUT2D eigenvalue weighted by molar-refractivity contribution is -0.662. The average Bonchev–Trinajstić information content (AvgIpc) is 3.26. The monoisotopic (exact) mass is 603 g/mol. The summed E-state index contributed by atoms with van der Waals surface area (Å²) in [5.41, 5.74) is 10.6. The van der Waals surface area contributed by atoms with Crippen molar-refractivity contribution < 1.29 is 9.14 Å². The molecule has 0 aliphatic carbocycles. The normalized spacial score (nSPS) is 14.6. The highest BCUT2D eigenvalue weighted by Crippen LogP contribution is 2.42. The molecule has 1 aromatic heterocycles. The molecule has 6 heteroatoms. The molecule has 180 valence electrons. The van der Waals surface area contributed by atoms with Crippen LogP contribution < -0.4 is 9.05 Å². The van der Waals surface area contributed by atoms with Crippen LogP contribution >= 0.6 is 34.0 Å². The average molecular weight is 605 g/mol. The van der Waals surface area contributed by atoms with E-state index in [0.717, 1.165) is 30.7 Å². The fourth-order valence-corrected chi connectivity index (χ4v) is 5.72. The Labute approximate surface area is 232 Å². The number of nitrogens with one attached hydrogen (secondary N) is 1. The summed E-state index contributed by atoms with van der Waals surface area (Å²) in [7, 11) is 0. The molecule has 4 aromatic carbocycles. The van der Waals surface area contributed by atoms with E-state index in [1.54, 1.807) is 0 Å². The molecule has 0 fully saturated rings. The van der Waals surface area contributed by atoms with Gasteiger partial charge in [-0.25, -0.2) is 9.55 Å². The minimum atomic E-state index is 0. The van der Waals surface area contributed by atoms with Crippen LogP contribution in [0.3, 0.4) is 0 Å². The molecule has 1 spiro atoms. The number of H-pyrrole nitrogens is 1. The van der Waals surface area contributed by atoms with Crippen molar-refractivity contribution in [1.82, 2.24) is 9.47 Å². The molecule has 4 nitrogen and oxygen atoms in total. The van der Waals surface area contributed by atoms with Gasteiger partial charge in [0.25, 0.3) is 5.69 Å². The summed E-state index contributed by atoms with van der Waals surface area (Å²) < 4.78 is 5.61. The lowest BCUT2D eigenvalue weighted by atomic mass is 10.1. The van der Waals surface area contributed by atoms with Crippen molar-refractivity contribution >= 4 is 62.7 Å². The van der Waals surface area contributed by atoms with Crippen molar-refractivity contribution in [1.29, 1.82) is 0 Å². The van der Waals surface area contributed by atoms with E-state index in [2.05, 4.69) is 124 Å². The van der Waals surface area contributed by atoms with Crippen LogP contribution in [0.1, 0.15) is 22.3 Å². The Morgan fingerprint density at radius 3 is 2.14 bits per heavy atom. The Balaban J connectivity index is 0.00000133. The van der Waals surface area contributed by atoms with Gasteiger partial charge in [-0.15, -0.1) is 38.5 Å². The Bertz CT molecular complexity index is 1540. The van der Waals surface area contributed by atoms with Crippen molar-refractivity contribution in [3.8, 4) is 0 Å². The first-order valence-electron chi connectivity index (χ1n) is 12.0. The number of quaternary nitrogens is 1. The molecule has 0 amide bonds. The number of halogens is 2. The molecule has 3 aliphatic rings. The highest BCUT2D eigenvalue weighted by atomic mass is 79.9. The second kappa shape index (κ2) is 9.77. The summed E-state index contributed by atoms with van der Waals surface area (Å²) in [6, 6.07) is 35.5. The second-order valence-corrected chi connectivity index (χ2v) is 9.64. The summed E-state index contributed by atoms with van der Waals surface area (Å²) in [6.07, 6.45) is 4.52. The smallest absolute Gasteiger partial charge is 0.243 e. The number of imidazole rings is 1. The first kappa shape index (κ1) is 24.6. The maximum absolute atomic E-state index is 3.38. The first-order valence-corrected chi connectivity index (χ1v) is 12.0. The predicted octanol–water partition coefficient (Wildman–Crippen LogP) is 6.57. The van der Waals surface area contributed by atoms with Gasteiger partial charge >= 0.3 is 6.34 Å². The van der Waals surface area contributed by atoms with Gasteiger partial charge in [-0.2, -0.15) is 4.48 Å². The van der Waals surface area contributed by atoms with Gasteiger partial charge in [0.15, 0.2) is 17.6 Å². The van der Waals surface area contributed by atoms with Gasteiger partial charge in [-0.3, -0.25) is 0 Å². The summed E-state index contributed by atoms with van der Waals surface area (Å²) in [4.78, 5) is 3.38. The topological polar surface area (TPSA) is 22.7 Å². The van der Waals surface area contributed by atoms with Crippen LogP contribution in [-0.4, -0.2) is 15.9 Å². The Kier molecular flexibility index (Phi) is 6.68. The van der Waals surface area contributed by atoms with Crippen LogP contribution in [0.15, 0.2) is 103 Å². The van der Waals surface area contributed by atoms with E-state index < -0.39 is 0 Å². The van der Waals surface area contributed by atoms with E-state index >= 15 is 0 Å². The molecule has 1 N–H and O–H groups in total. The number of benzene rings is 4. The highest BCUT2D eigenvalue weighted by molar-refractivity contribution is 8.93. The molecule has 8 rings (SSSR count). The molecule has 0 saturated carbocycles. The highest BCUT2D eigenvalue weighted by Gasteiger charge is 2.46. The van der Waals surface area contributed by atoms with Gasteiger partial charge in [-0.05, 0) is 23.8 Å². The van der Waals surface area contributed by atoms with Crippen LogP contribution in [0.5, 0.6) is 0 Å². The van der Waals surface area contributed by atoms with Crippen molar-refractivity contribution in [2.24, 2.45) is 0 Å². The maximum atomic E-state index is 3.38. The van der Waals surface area contributed by atoms with Crippen LogP contribution in [0.25, 0.3) is 11.0 Å². The molecular formula is C30H29Br2N4+3. The number of aromatic amines is 1. The lowest BCUT2D eigenvalue weighted by Gasteiger charge is -2.25. The van der Waals surface area contributed by atoms with Crippen molar-refractivity contribution in [2.75, 3.05) is 0 Å². The van der Waals surface area contributed by atoms with Crippen molar-refractivity contribution in [3.05, 3.63) is 126 Å². The van der Waals surface area contributed by atoms with Gasteiger partial charge in [0.2, 0.25) is 12.0 Å². The number of hydrogen-bond donors (Lipinski definition) is 1. The van der Waals surface area contributed by atoms with Gasteiger partial charge in [0, 0.05) is 28.8 Å². The zero-order valence-corrected chi connectivity index (χ0v) is 23.3. The van der Waals surface area contributed by atoms with Crippen molar-refractivity contribution in [3.63, 3.8) is 0 Å². The molecule has 2 bridgehead atoms. The second-order valence-electron chi connectivity index (χ2n) is 9.64. The fourth-order valence-electron chi connectivity index (χ4n) is 5.72. The van der Waals surface area contributed by atoms with Crippen LogP contribution in [-0.2, 0) is 26.2 Å². The van der Waals surface area contributed by atoms with E-state index in [9.17, 15) is 0 Å². The van der Waals surface area contributed by atoms with Crippen LogP contribution in [0.4, 0.5) is 11.4 Å². The molecule has 4 heterocycles. The molecule has 0 unspecified atom stereocenters. The molecule has 3 aliphatic heterocycles. The number of fused-ring (bicyclic) bond motifs is 4. The fraction of sp³-hybridized carbons (Fsp3) is 0.133. The zero-order valence-electron chi connectivity index (χ0n) is 19.9. The SMILES string of the molecule is Br.Br.C1=[N+](Cc2cccc(C[n+]3c[nH]c4ccccc43)c2)c2ccccc2[N+]12Cc1ccc(cc1)C2. The largest absolute Gasteiger partial charge is 0.338 e. The molecule has 0 atom stereocenters. The number of para-hydroxylation sites is 4. The molecule has 5 aromatic rings. The summed E-state index contributed by atoms with van der Waals surface area (Å²) in [5.74, 6) is 0. The van der Waals surface area contributed by atoms with Gasteiger partial charge in [-0.1, -0.05) is 66.7 Å². The number of aromatic nitrogens is 2. The molecule has 0 radical (unpaired) electrons. The molecule has 0 saturated heterocycles. The molecule has 36 heavy (non-hydrogen) atoms.